The highest BCUT2D eigenvalue weighted by Crippen LogP contribution is 2.23. The van der Waals surface area contributed by atoms with Gasteiger partial charge in [0.15, 0.2) is 0 Å². The molecule has 0 aromatic heterocycles. The molecule has 0 unspecified atom stereocenters. The van der Waals surface area contributed by atoms with Crippen molar-refractivity contribution >= 4 is 17.5 Å². The van der Waals surface area contributed by atoms with E-state index in [-0.39, 0.29) is 11.9 Å². The van der Waals surface area contributed by atoms with Crippen LogP contribution in [0.25, 0.3) is 0 Å². The van der Waals surface area contributed by atoms with E-state index in [1.165, 1.54) is 0 Å². The summed E-state index contributed by atoms with van der Waals surface area (Å²) in [4.78, 5) is 12.2. The van der Waals surface area contributed by atoms with E-state index in [1.807, 2.05) is 20.8 Å². The number of carbonyl (C=O) groups is 1. The van der Waals surface area contributed by atoms with E-state index >= 15 is 0 Å². The number of amides is 1. The summed E-state index contributed by atoms with van der Waals surface area (Å²) in [5.74, 6) is 0.410. The molecule has 0 saturated carbocycles. The van der Waals surface area contributed by atoms with Crippen LogP contribution in [0, 0.1) is 0 Å². The van der Waals surface area contributed by atoms with Crippen molar-refractivity contribution in [1.29, 1.82) is 0 Å². The minimum atomic E-state index is -0.164. The molecule has 4 nitrogen and oxygen atoms in total. The summed E-state index contributed by atoms with van der Waals surface area (Å²) < 4.78 is 5.58. The molecule has 0 radical (unpaired) electrons. The van der Waals surface area contributed by atoms with E-state index in [2.05, 4.69) is 10.6 Å². The quantitative estimate of drug-likeness (QED) is 0.776. The average Bonchev–Trinajstić information content (AvgIpc) is 2.43. The van der Waals surface area contributed by atoms with Crippen LogP contribution >= 0.6 is 11.6 Å². The molecule has 0 bridgehead atoms. The van der Waals surface area contributed by atoms with Crippen LogP contribution in [0.15, 0.2) is 18.2 Å². The third-order valence-electron chi connectivity index (χ3n) is 2.77. The minimum Gasteiger partial charge on any atom is -0.493 e. The predicted molar refractivity (Wildman–Crippen MR) is 82.7 cm³/mol. The Bertz CT molecular complexity index is 438. The molecular weight excluding hydrogens is 276 g/mol. The molecule has 1 amide bonds. The molecule has 1 rings (SSSR count). The largest absolute Gasteiger partial charge is 0.493 e. The van der Waals surface area contributed by atoms with Gasteiger partial charge in [0.05, 0.1) is 12.2 Å². The zero-order valence-electron chi connectivity index (χ0n) is 12.3. The highest BCUT2D eigenvalue weighted by atomic mass is 35.5. The Hall–Kier alpha value is -1.26. The molecule has 0 heterocycles. The van der Waals surface area contributed by atoms with Gasteiger partial charge < -0.3 is 15.4 Å². The Balaban J connectivity index is 2.72. The van der Waals surface area contributed by atoms with Crippen LogP contribution in [-0.2, 0) is 0 Å². The summed E-state index contributed by atoms with van der Waals surface area (Å²) in [5.41, 5.74) is 0.481. The number of hydrogen-bond acceptors (Lipinski definition) is 3. The van der Waals surface area contributed by atoms with Crippen LogP contribution in [0.5, 0.6) is 5.75 Å². The van der Waals surface area contributed by atoms with Crippen LogP contribution in [0.2, 0.25) is 5.02 Å². The van der Waals surface area contributed by atoms with Crippen LogP contribution in [0.3, 0.4) is 0 Å². The number of hydrogen-bond donors (Lipinski definition) is 2. The van der Waals surface area contributed by atoms with Crippen molar-refractivity contribution in [3.8, 4) is 5.75 Å². The topological polar surface area (TPSA) is 50.4 Å². The lowest BCUT2D eigenvalue weighted by Gasteiger charge is -2.15. The van der Waals surface area contributed by atoms with Gasteiger partial charge in [-0.05, 0) is 38.1 Å². The number of rotatable bonds is 8. The van der Waals surface area contributed by atoms with E-state index in [0.29, 0.717) is 29.5 Å². The lowest BCUT2D eigenvalue weighted by Crippen LogP contribution is -2.38. The Kier molecular flexibility index (Phi) is 7.41. The zero-order chi connectivity index (χ0) is 15.0. The fourth-order valence-electron chi connectivity index (χ4n) is 1.78. The third-order valence-corrected chi connectivity index (χ3v) is 3.00. The van der Waals surface area contributed by atoms with Crippen LogP contribution in [-0.4, -0.2) is 31.6 Å². The molecule has 0 aliphatic heterocycles. The second-order valence-electron chi connectivity index (χ2n) is 4.66. The van der Waals surface area contributed by atoms with Crippen molar-refractivity contribution in [2.45, 2.75) is 33.2 Å². The van der Waals surface area contributed by atoms with Crippen molar-refractivity contribution in [2.24, 2.45) is 0 Å². The van der Waals surface area contributed by atoms with Gasteiger partial charge >= 0.3 is 0 Å². The molecule has 0 spiro atoms. The second kappa shape index (κ2) is 8.82. The van der Waals surface area contributed by atoms with Crippen molar-refractivity contribution in [3.63, 3.8) is 0 Å². The second-order valence-corrected chi connectivity index (χ2v) is 5.09. The molecule has 112 valence electrons. The molecule has 5 heteroatoms. The number of halogens is 1. The van der Waals surface area contributed by atoms with Crippen molar-refractivity contribution < 1.29 is 9.53 Å². The SMILES string of the molecule is CCCOc1ccc(Cl)cc1C(=O)NC[C@@H](C)NCC. The number of likely N-dealkylation sites (N-methyl/N-ethyl adjacent to an activating group) is 1. The first-order valence-corrected chi connectivity index (χ1v) is 7.40. The van der Waals surface area contributed by atoms with Gasteiger partial charge in [0.1, 0.15) is 5.75 Å². The summed E-state index contributed by atoms with van der Waals surface area (Å²) in [5, 5.41) is 6.65. The van der Waals surface area contributed by atoms with E-state index in [4.69, 9.17) is 16.3 Å². The lowest BCUT2D eigenvalue weighted by molar-refractivity contribution is 0.0946. The number of nitrogens with one attached hydrogen (secondary N) is 2. The van der Waals surface area contributed by atoms with E-state index < -0.39 is 0 Å². The Morgan fingerprint density at radius 1 is 1.40 bits per heavy atom. The fraction of sp³-hybridized carbons (Fsp3) is 0.533. The molecule has 1 aromatic rings. The van der Waals surface area contributed by atoms with Crippen molar-refractivity contribution in [1.82, 2.24) is 10.6 Å². The molecule has 0 saturated heterocycles. The maximum absolute atomic E-state index is 12.2. The van der Waals surface area contributed by atoms with E-state index in [9.17, 15) is 4.79 Å². The van der Waals surface area contributed by atoms with Crippen molar-refractivity contribution in [2.75, 3.05) is 19.7 Å². The molecular formula is C15H23ClN2O2. The van der Waals surface area contributed by atoms with Gasteiger partial charge in [-0.2, -0.15) is 0 Å². The number of ether oxygens (including phenoxy) is 1. The zero-order valence-corrected chi connectivity index (χ0v) is 13.1. The molecule has 20 heavy (non-hydrogen) atoms. The van der Waals surface area contributed by atoms with Crippen LogP contribution in [0.1, 0.15) is 37.6 Å². The third kappa shape index (κ3) is 5.39. The first-order valence-electron chi connectivity index (χ1n) is 7.02. The molecule has 0 aliphatic carbocycles. The predicted octanol–water partition coefficient (Wildman–Crippen LogP) is 2.86. The molecule has 0 aliphatic rings. The Morgan fingerprint density at radius 3 is 2.80 bits per heavy atom. The lowest BCUT2D eigenvalue weighted by atomic mass is 10.2. The Labute approximate surface area is 125 Å². The summed E-state index contributed by atoms with van der Waals surface area (Å²) in [7, 11) is 0. The minimum absolute atomic E-state index is 0.164. The highest BCUT2D eigenvalue weighted by molar-refractivity contribution is 6.31. The molecule has 1 atom stereocenters. The van der Waals surface area contributed by atoms with Gasteiger partial charge in [0.25, 0.3) is 5.91 Å². The standard InChI is InChI=1S/C15H23ClN2O2/c1-4-8-20-14-7-6-12(16)9-13(14)15(19)18-10-11(3)17-5-2/h6-7,9,11,17H,4-5,8,10H2,1-3H3,(H,18,19)/t11-/m1/s1. The maximum atomic E-state index is 12.2. The van der Waals surface area contributed by atoms with Crippen LogP contribution < -0.4 is 15.4 Å². The average molecular weight is 299 g/mol. The van der Waals surface area contributed by atoms with Crippen LogP contribution in [0.4, 0.5) is 0 Å². The summed E-state index contributed by atoms with van der Waals surface area (Å²) in [6, 6.07) is 5.33. The van der Waals surface area contributed by atoms with Gasteiger partial charge in [-0.15, -0.1) is 0 Å². The molecule has 2 N–H and O–H groups in total. The first-order chi connectivity index (χ1) is 9.58. The normalized spacial score (nSPS) is 12.0. The van der Waals surface area contributed by atoms with E-state index in [0.717, 1.165) is 13.0 Å². The summed E-state index contributed by atoms with van der Waals surface area (Å²) >= 11 is 5.96. The van der Waals surface area contributed by atoms with Gasteiger partial charge in [0.2, 0.25) is 0 Å². The van der Waals surface area contributed by atoms with Gasteiger partial charge in [0, 0.05) is 17.6 Å². The molecule has 1 aromatic carbocycles. The summed E-state index contributed by atoms with van der Waals surface area (Å²) in [6.45, 7) is 8.09. The van der Waals surface area contributed by atoms with Gasteiger partial charge in [-0.3, -0.25) is 4.79 Å². The van der Waals surface area contributed by atoms with E-state index in [1.54, 1.807) is 18.2 Å². The maximum Gasteiger partial charge on any atom is 0.255 e. The van der Waals surface area contributed by atoms with Gasteiger partial charge in [-0.25, -0.2) is 0 Å². The molecule has 0 fully saturated rings. The Morgan fingerprint density at radius 2 is 2.15 bits per heavy atom. The van der Waals surface area contributed by atoms with Crippen molar-refractivity contribution in [3.05, 3.63) is 28.8 Å². The summed E-state index contributed by atoms with van der Waals surface area (Å²) in [6.07, 6.45) is 0.890. The smallest absolute Gasteiger partial charge is 0.255 e. The number of benzene rings is 1. The number of carbonyl (C=O) groups excluding carboxylic acids is 1. The fourth-order valence-corrected chi connectivity index (χ4v) is 1.95. The van der Waals surface area contributed by atoms with Gasteiger partial charge in [-0.1, -0.05) is 25.4 Å². The highest BCUT2D eigenvalue weighted by Gasteiger charge is 2.14. The monoisotopic (exact) mass is 298 g/mol. The first kappa shape index (κ1) is 16.8.